The minimum Gasteiger partial charge on any atom is -0.387 e. The number of rotatable bonds is 0. The largest absolute Gasteiger partial charge is 0.387 e. The van der Waals surface area contributed by atoms with E-state index in [-0.39, 0.29) is 6.10 Å². The first-order valence-electron chi connectivity index (χ1n) is 3.36. The Bertz CT molecular complexity index is 249. The van der Waals surface area contributed by atoms with E-state index in [0.29, 0.717) is 0 Å². The van der Waals surface area contributed by atoms with Crippen molar-refractivity contribution in [3.63, 3.8) is 0 Å². The number of nitrogens with zero attached hydrogens (tertiary/aromatic N) is 2. The number of aryl methyl sites for hydroxylation is 1. The zero-order valence-corrected chi connectivity index (χ0v) is 5.49. The lowest BCUT2D eigenvalue weighted by Gasteiger charge is -1.98. The highest BCUT2D eigenvalue weighted by atomic mass is 16.3. The van der Waals surface area contributed by atoms with Crippen molar-refractivity contribution >= 4 is 0 Å². The number of aliphatic hydroxyl groups is 1. The molecular formula is C7H8N2O. The van der Waals surface area contributed by atoms with Gasteiger partial charge in [-0.05, 0) is 12.8 Å². The molecule has 2 rings (SSSR count). The van der Waals surface area contributed by atoms with Gasteiger partial charge in [-0.2, -0.15) is 0 Å². The van der Waals surface area contributed by atoms with E-state index in [9.17, 15) is 5.11 Å². The Balaban J connectivity index is 2.51. The maximum Gasteiger partial charge on any atom is 0.0982 e. The molecule has 1 unspecified atom stereocenters. The lowest BCUT2D eigenvalue weighted by atomic mass is 10.3. The molecule has 1 aromatic rings. The third kappa shape index (κ3) is 0.708. The lowest BCUT2D eigenvalue weighted by Crippen LogP contribution is -1.94. The van der Waals surface area contributed by atoms with E-state index in [2.05, 4.69) is 9.97 Å². The van der Waals surface area contributed by atoms with Crippen LogP contribution >= 0.6 is 0 Å². The molecule has 0 bridgehead atoms. The fraction of sp³-hybridized carbons (Fsp3) is 0.429. The maximum atomic E-state index is 9.28. The van der Waals surface area contributed by atoms with Gasteiger partial charge in [0.05, 0.1) is 17.5 Å². The smallest absolute Gasteiger partial charge is 0.0982 e. The highest BCUT2D eigenvalue weighted by Crippen LogP contribution is 2.26. The monoisotopic (exact) mass is 136 g/mol. The number of hydrogen-bond acceptors (Lipinski definition) is 3. The normalized spacial score (nSPS) is 22.7. The summed E-state index contributed by atoms with van der Waals surface area (Å²) in [7, 11) is 0. The third-order valence-corrected chi connectivity index (χ3v) is 1.78. The van der Waals surface area contributed by atoms with Gasteiger partial charge < -0.3 is 5.11 Å². The second-order valence-electron chi connectivity index (χ2n) is 2.44. The van der Waals surface area contributed by atoms with Crippen LogP contribution in [0.1, 0.15) is 23.9 Å². The van der Waals surface area contributed by atoms with Crippen LogP contribution in [0, 0.1) is 0 Å². The van der Waals surface area contributed by atoms with Crippen LogP contribution in [-0.4, -0.2) is 15.1 Å². The second-order valence-corrected chi connectivity index (χ2v) is 2.44. The van der Waals surface area contributed by atoms with E-state index in [1.54, 1.807) is 12.4 Å². The molecular weight excluding hydrogens is 128 g/mol. The molecule has 3 heteroatoms. The fourth-order valence-electron chi connectivity index (χ4n) is 1.26. The zero-order valence-electron chi connectivity index (χ0n) is 5.49. The number of fused-ring (bicyclic) bond motifs is 1. The summed E-state index contributed by atoms with van der Waals surface area (Å²) < 4.78 is 0. The molecule has 0 amide bonds. The lowest BCUT2D eigenvalue weighted by molar-refractivity contribution is 0.176. The topological polar surface area (TPSA) is 46.0 Å². The Morgan fingerprint density at radius 2 is 2.20 bits per heavy atom. The van der Waals surface area contributed by atoms with E-state index < -0.39 is 0 Å². The molecule has 0 fully saturated rings. The van der Waals surface area contributed by atoms with E-state index in [0.717, 1.165) is 24.2 Å². The van der Waals surface area contributed by atoms with Crippen molar-refractivity contribution in [2.45, 2.75) is 18.9 Å². The van der Waals surface area contributed by atoms with Crippen molar-refractivity contribution < 1.29 is 5.11 Å². The molecule has 3 nitrogen and oxygen atoms in total. The summed E-state index contributed by atoms with van der Waals surface area (Å²) in [5.74, 6) is 0. The van der Waals surface area contributed by atoms with E-state index in [1.165, 1.54) is 0 Å². The summed E-state index contributed by atoms with van der Waals surface area (Å²) >= 11 is 0. The predicted molar refractivity (Wildman–Crippen MR) is 35.3 cm³/mol. The molecule has 1 heterocycles. The first kappa shape index (κ1) is 5.80. The molecule has 0 aromatic carbocycles. The first-order chi connectivity index (χ1) is 4.88. The zero-order chi connectivity index (χ0) is 6.97. The SMILES string of the molecule is OC1CCc2nccnc21. The van der Waals surface area contributed by atoms with Crippen molar-refractivity contribution in [1.29, 1.82) is 0 Å². The van der Waals surface area contributed by atoms with Crippen molar-refractivity contribution in [3.05, 3.63) is 23.8 Å². The van der Waals surface area contributed by atoms with Gasteiger partial charge in [-0.1, -0.05) is 0 Å². The van der Waals surface area contributed by atoms with Gasteiger partial charge in [-0.3, -0.25) is 9.97 Å². The molecule has 1 N–H and O–H groups in total. The molecule has 0 saturated heterocycles. The van der Waals surface area contributed by atoms with Crippen LogP contribution < -0.4 is 0 Å². The van der Waals surface area contributed by atoms with Crippen molar-refractivity contribution in [2.75, 3.05) is 0 Å². The second kappa shape index (κ2) is 2.02. The molecule has 1 aromatic heterocycles. The van der Waals surface area contributed by atoms with Gasteiger partial charge in [0.15, 0.2) is 0 Å². The van der Waals surface area contributed by atoms with E-state index >= 15 is 0 Å². The Morgan fingerprint density at radius 3 is 3.00 bits per heavy atom. The summed E-state index contributed by atoms with van der Waals surface area (Å²) in [5, 5.41) is 9.28. The van der Waals surface area contributed by atoms with E-state index in [4.69, 9.17) is 0 Å². The standard InChI is InChI=1S/C7H8N2O/c10-6-2-1-5-7(6)9-4-3-8-5/h3-4,6,10H,1-2H2. The molecule has 0 saturated carbocycles. The molecule has 0 aliphatic heterocycles. The summed E-state index contributed by atoms with van der Waals surface area (Å²) in [5.41, 5.74) is 1.72. The van der Waals surface area contributed by atoms with Crippen LogP contribution in [0.25, 0.3) is 0 Å². The quantitative estimate of drug-likeness (QED) is 0.563. The van der Waals surface area contributed by atoms with Gasteiger partial charge in [0.1, 0.15) is 0 Å². The highest BCUT2D eigenvalue weighted by molar-refractivity contribution is 5.18. The minimum atomic E-state index is -0.372. The summed E-state index contributed by atoms with van der Waals surface area (Å²) in [4.78, 5) is 8.11. The molecule has 0 spiro atoms. The minimum absolute atomic E-state index is 0.372. The van der Waals surface area contributed by atoms with Crippen molar-refractivity contribution in [1.82, 2.24) is 9.97 Å². The van der Waals surface area contributed by atoms with Gasteiger partial charge in [0, 0.05) is 12.4 Å². The van der Waals surface area contributed by atoms with Crippen LogP contribution in [0.15, 0.2) is 12.4 Å². The first-order valence-corrected chi connectivity index (χ1v) is 3.36. The highest BCUT2D eigenvalue weighted by Gasteiger charge is 2.21. The summed E-state index contributed by atoms with van der Waals surface area (Å²) in [6.45, 7) is 0. The Morgan fingerprint density at radius 1 is 1.40 bits per heavy atom. The van der Waals surface area contributed by atoms with Crippen LogP contribution in [0.4, 0.5) is 0 Å². The number of hydrogen-bond donors (Lipinski definition) is 1. The molecule has 10 heavy (non-hydrogen) atoms. The average Bonchev–Trinajstić information content (AvgIpc) is 2.34. The predicted octanol–water partition coefficient (Wildman–Crippen LogP) is 0.456. The van der Waals surface area contributed by atoms with Crippen molar-refractivity contribution in [2.24, 2.45) is 0 Å². The van der Waals surface area contributed by atoms with Gasteiger partial charge in [0.2, 0.25) is 0 Å². The van der Waals surface area contributed by atoms with Gasteiger partial charge >= 0.3 is 0 Å². The van der Waals surface area contributed by atoms with Crippen LogP contribution in [0.2, 0.25) is 0 Å². The molecule has 0 radical (unpaired) electrons. The van der Waals surface area contributed by atoms with Gasteiger partial charge in [-0.15, -0.1) is 0 Å². The Labute approximate surface area is 58.8 Å². The van der Waals surface area contributed by atoms with Gasteiger partial charge in [-0.25, -0.2) is 0 Å². The maximum absolute atomic E-state index is 9.28. The molecule has 1 aliphatic rings. The summed E-state index contributed by atoms with van der Waals surface area (Å²) in [6, 6.07) is 0. The van der Waals surface area contributed by atoms with Crippen LogP contribution in [0.3, 0.4) is 0 Å². The molecule has 1 atom stereocenters. The summed E-state index contributed by atoms with van der Waals surface area (Å²) in [6.07, 6.45) is 4.55. The Kier molecular flexibility index (Phi) is 1.17. The molecule has 1 aliphatic carbocycles. The Hall–Kier alpha value is -0.960. The third-order valence-electron chi connectivity index (χ3n) is 1.78. The average molecular weight is 136 g/mol. The van der Waals surface area contributed by atoms with Crippen LogP contribution in [0.5, 0.6) is 0 Å². The van der Waals surface area contributed by atoms with Crippen LogP contribution in [-0.2, 0) is 6.42 Å². The molecule has 52 valence electrons. The van der Waals surface area contributed by atoms with Crippen molar-refractivity contribution in [3.8, 4) is 0 Å². The number of aromatic nitrogens is 2. The number of aliphatic hydroxyl groups excluding tert-OH is 1. The fourth-order valence-corrected chi connectivity index (χ4v) is 1.26. The van der Waals surface area contributed by atoms with E-state index in [1.807, 2.05) is 0 Å². The van der Waals surface area contributed by atoms with Gasteiger partial charge in [0.25, 0.3) is 0 Å².